The molecule has 1 saturated carbocycles. The highest BCUT2D eigenvalue weighted by atomic mass is 16.5. The molecule has 3 rings (SSSR count). The van der Waals surface area contributed by atoms with Crippen LogP contribution >= 0.6 is 0 Å². The SMILES string of the molecule is CC1CCCCC1c1ccccc1Oc1ccccc1. The van der Waals surface area contributed by atoms with Crippen LogP contribution in [0.1, 0.15) is 44.1 Å². The second-order valence-corrected chi connectivity index (χ2v) is 5.82. The van der Waals surface area contributed by atoms with Crippen LogP contribution in [-0.2, 0) is 0 Å². The molecule has 0 N–H and O–H groups in total. The van der Waals surface area contributed by atoms with Crippen molar-refractivity contribution in [3.05, 3.63) is 60.2 Å². The molecule has 0 spiro atoms. The van der Waals surface area contributed by atoms with E-state index in [2.05, 4.69) is 31.2 Å². The monoisotopic (exact) mass is 266 g/mol. The van der Waals surface area contributed by atoms with Gasteiger partial charge in [0.1, 0.15) is 11.5 Å². The van der Waals surface area contributed by atoms with E-state index in [1.165, 1.54) is 31.2 Å². The van der Waals surface area contributed by atoms with Gasteiger partial charge in [-0.3, -0.25) is 0 Å². The molecule has 2 aromatic rings. The molecule has 0 radical (unpaired) electrons. The smallest absolute Gasteiger partial charge is 0.130 e. The van der Waals surface area contributed by atoms with Gasteiger partial charge in [0, 0.05) is 0 Å². The maximum absolute atomic E-state index is 6.11. The van der Waals surface area contributed by atoms with E-state index >= 15 is 0 Å². The summed E-state index contributed by atoms with van der Waals surface area (Å²) in [4.78, 5) is 0. The molecule has 0 heterocycles. The summed E-state index contributed by atoms with van der Waals surface area (Å²) in [5.74, 6) is 3.34. The molecular formula is C19H22O. The van der Waals surface area contributed by atoms with Gasteiger partial charge in [-0.2, -0.15) is 0 Å². The van der Waals surface area contributed by atoms with E-state index in [-0.39, 0.29) is 0 Å². The number of rotatable bonds is 3. The molecule has 1 nitrogen and oxygen atoms in total. The fourth-order valence-electron chi connectivity index (χ4n) is 3.27. The molecule has 0 amide bonds. The topological polar surface area (TPSA) is 9.23 Å². The van der Waals surface area contributed by atoms with Gasteiger partial charge in [-0.25, -0.2) is 0 Å². The molecule has 1 aliphatic carbocycles. The Bertz CT molecular complexity index is 547. The highest BCUT2D eigenvalue weighted by Gasteiger charge is 2.25. The van der Waals surface area contributed by atoms with Crippen molar-refractivity contribution in [1.82, 2.24) is 0 Å². The first-order valence-corrected chi connectivity index (χ1v) is 7.66. The molecule has 1 fully saturated rings. The minimum Gasteiger partial charge on any atom is -0.457 e. The standard InChI is InChI=1S/C19H22O/c1-15-9-5-6-12-17(15)18-13-7-8-14-19(18)20-16-10-3-2-4-11-16/h2-4,7-8,10-11,13-15,17H,5-6,9,12H2,1H3. The van der Waals surface area contributed by atoms with Crippen molar-refractivity contribution in [3.63, 3.8) is 0 Å². The minimum absolute atomic E-state index is 0.642. The summed E-state index contributed by atoms with van der Waals surface area (Å²) in [5, 5.41) is 0. The summed E-state index contributed by atoms with van der Waals surface area (Å²) in [6, 6.07) is 18.6. The van der Waals surface area contributed by atoms with Crippen LogP contribution < -0.4 is 4.74 Å². The quantitative estimate of drug-likeness (QED) is 0.685. The van der Waals surface area contributed by atoms with Crippen LogP contribution in [0.4, 0.5) is 0 Å². The number of benzene rings is 2. The molecular weight excluding hydrogens is 244 g/mol. The lowest BCUT2D eigenvalue weighted by atomic mass is 9.76. The molecule has 1 heteroatoms. The molecule has 104 valence electrons. The van der Waals surface area contributed by atoms with Crippen LogP contribution in [0.3, 0.4) is 0 Å². The van der Waals surface area contributed by atoms with E-state index in [9.17, 15) is 0 Å². The van der Waals surface area contributed by atoms with Crippen LogP contribution in [0.25, 0.3) is 0 Å². The van der Waals surface area contributed by atoms with Crippen molar-refractivity contribution >= 4 is 0 Å². The van der Waals surface area contributed by atoms with Gasteiger partial charge in [0.2, 0.25) is 0 Å². The zero-order valence-corrected chi connectivity index (χ0v) is 12.1. The zero-order chi connectivity index (χ0) is 13.8. The van der Waals surface area contributed by atoms with Crippen molar-refractivity contribution in [2.75, 3.05) is 0 Å². The fraction of sp³-hybridized carbons (Fsp3) is 0.368. The second kappa shape index (κ2) is 6.13. The summed E-state index contributed by atoms with van der Waals surface area (Å²) in [7, 11) is 0. The molecule has 0 saturated heterocycles. The van der Waals surface area contributed by atoms with Gasteiger partial charge in [0.15, 0.2) is 0 Å². The third-order valence-electron chi connectivity index (χ3n) is 4.40. The average Bonchev–Trinajstić information content (AvgIpc) is 2.50. The Labute approximate surface area is 121 Å². The molecule has 0 aliphatic heterocycles. The van der Waals surface area contributed by atoms with E-state index in [0.29, 0.717) is 5.92 Å². The van der Waals surface area contributed by atoms with Crippen molar-refractivity contribution < 1.29 is 4.74 Å². The maximum Gasteiger partial charge on any atom is 0.130 e. The first kappa shape index (κ1) is 13.2. The van der Waals surface area contributed by atoms with E-state index in [0.717, 1.165) is 17.4 Å². The van der Waals surface area contributed by atoms with Crippen molar-refractivity contribution in [3.8, 4) is 11.5 Å². The molecule has 0 bridgehead atoms. The maximum atomic E-state index is 6.11. The Hall–Kier alpha value is -1.76. The summed E-state index contributed by atoms with van der Waals surface area (Å²) in [6.07, 6.45) is 5.34. The Morgan fingerprint density at radius 3 is 2.35 bits per heavy atom. The minimum atomic E-state index is 0.642. The summed E-state index contributed by atoms with van der Waals surface area (Å²) >= 11 is 0. The highest BCUT2D eigenvalue weighted by molar-refractivity contribution is 5.40. The highest BCUT2D eigenvalue weighted by Crippen LogP contribution is 2.42. The van der Waals surface area contributed by atoms with Crippen molar-refractivity contribution in [2.45, 2.75) is 38.5 Å². The van der Waals surface area contributed by atoms with Gasteiger partial charge < -0.3 is 4.74 Å². The lowest BCUT2D eigenvalue weighted by molar-refractivity contribution is 0.323. The molecule has 2 atom stereocenters. The van der Waals surface area contributed by atoms with Gasteiger partial charge in [0.25, 0.3) is 0 Å². The normalized spacial score (nSPS) is 22.4. The average molecular weight is 266 g/mol. The first-order chi connectivity index (χ1) is 9.84. The Kier molecular flexibility index (Phi) is 4.05. The molecule has 2 aromatic carbocycles. The fourth-order valence-corrected chi connectivity index (χ4v) is 3.27. The van der Waals surface area contributed by atoms with Crippen LogP contribution in [0.15, 0.2) is 54.6 Å². The van der Waals surface area contributed by atoms with E-state index < -0.39 is 0 Å². The predicted octanol–water partition coefficient (Wildman–Crippen LogP) is 5.77. The third kappa shape index (κ3) is 2.87. The lowest BCUT2D eigenvalue weighted by Gasteiger charge is -2.30. The van der Waals surface area contributed by atoms with Crippen LogP contribution in [0.5, 0.6) is 11.5 Å². The van der Waals surface area contributed by atoms with Crippen LogP contribution in [-0.4, -0.2) is 0 Å². The Morgan fingerprint density at radius 2 is 1.55 bits per heavy atom. The van der Waals surface area contributed by atoms with Gasteiger partial charge in [0.05, 0.1) is 0 Å². The van der Waals surface area contributed by atoms with Gasteiger partial charge >= 0.3 is 0 Å². The molecule has 0 aromatic heterocycles. The first-order valence-electron chi connectivity index (χ1n) is 7.66. The summed E-state index contributed by atoms with van der Waals surface area (Å²) in [5.41, 5.74) is 1.38. The van der Waals surface area contributed by atoms with Crippen molar-refractivity contribution in [2.24, 2.45) is 5.92 Å². The summed E-state index contributed by atoms with van der Waals surface area (Å²) in [6.45, 7) is 2.38. The van der Waals surface area contributed by atoms with Crippen molar-refractivity contribution in [1.29, 1.82) is 0 Å². The molecule has 2 unspecified atom stereocenters. The predicted molar refractivity (Wildman–Crippen MR) is 83.3 cm³/mol. The van der Waals surface area contributed by atoms with E-state index in [1.807, 2.05) is 30.3 Å². The van der Waals surface area contributed by atoms with Crippen LogP contribution in [0, 0.1) is 5.92 Å². The summed E-state index contributed by atoms with van der Waals surface area (Å²) < 4.78 is 6.11. The molecule has 20 heavy (non-hydrogen) atoms. The second-order valence-electron chi connectivity index (χ2n) is 5.82. The number of para-hydroxylation sites is 2. The third-order valence-corrected chi connectivity index (χ3v) is 4.40. The van der Waals surface area contributed by atoms with Gasteiger partial charge in [-0.1, -0.05) is 62.6 Å². The van der Waals surface area contributed by atoms with Gasteiger partial charge in [-0.15, -0.1) is 0 Å². The van der Waals surface area contributed by atoms with Crippen LogP contribution in [0.2, 0.25) is 0 Å². The largest absolute Gasteiger partial charge is 0.457 e. The number of hydrogen-bond acceptors (Lipinski definition) is 1. The lowest BCUT2D eigenvalue weighted by Crippen LogP contribution is -2.15. The number of hydrogen-bond donors (Lipinski definition) is 0. The van der Waals surface area contributed by atoms with Gasteiger partial charge in [-0.05, 0) is 42.0 Å². The molecule has 1 aliphatic rings. The van der Waals surface area contributed by atoms with E-state index in [1.54, 1.807) is 0 Å². The van der Waals surface area contributed by atoms with E-state index in [4.69, 9.17) is 4.74 Å². The zero-order valence-electron chi connectivity index (χ0n) is 12.1. The number of ether oxygens (including phenoxy) is 1. The Balaban J connectivity index is 1.88. The Morgan fingerprint density at radius 1 is 0.850 bits per heavy atom.